The van der Waals surface area contributed by atoms with Gasteiger partial charge < -0.3 is 15.6 Å². The van der Waals surface area contributed by atoms with E-state index in [2.05, 4.69) is 0 Å². The molecule has 0 heterocycles. The van der Waals surface area contributed by atoms with Gasteiger partial charge in [-0.25, -0.2) is 0 Å². The SMILES string of the molecule is CC(C)Oc1ccc(C(C)(O)C(N)=O)cc1. The van der Waals surface area contributed by atoms with Gasteiger partial charge in [-0.05, 0) is 38.5 Å². The van der Waals surface area contributed by atoms with Crippen molar-refractivity contribution in [1.29, 1.82) is 0 Å². The maximum absolute atomic E-state index is 11.0. The van der Waals surface area contributed by atoms with Gasteiger partial charge in [-0.2, -0.15) is 0 Å². The molecule has 1 atom stereocenters. The Hall–Kier alpha value is -1.55. The Morgan fingerprint density at radius 3 is 2.25 bits per heavy atom. The Bertz CT molecular complexity index is 368. The van der Waals surface area contributed by atoms with Crippen LogP contribution in [0.4, 0.5) is 0 Å². The lowest BCUT2D eigenvalue weighted by Crippen LogP contribution is -2.38. The van der Waals surface area contributed by atoms with Crippen LogP contribution in [0.1, 0.15) is 26.3 Å². The highest BCUT2D eigenvalue weighted by molar-refractivity contribution is 5.84. The van der Waals surface area contributed by atoms with E-state index in [1.165, 1.54) is 6.92 Å². The summed E-state index contributed by atoms with van der Waals surface area (Å²) in [4.78, 5) is 11.0. The smallest absolute Gasteiger partial charge is 0.253 e. The minimum absolute atomic E-state index is 0.0856. The average molecular weight is 223 g/mol. The molecule has 16 heavy (non-hydrogen) atoms. The highest BCUT2D eigenvalue weighted by atomic mass is 16.5. The molecular weight excluding hydrogens is 206 g/mol. The van der Waals surface area contributed by atoms with Crippen LogP contribution in [0.2, 0.25) is 0 Å². The summed E-state index contributed by atoms with van der Waals surface area (Å²) in [6.07, 6.45) is 0.0856. The third-order valence-electron chi connectivity index (χ3n) is 2.27. The maximum atomic E-state index is 11.0. The third-order valence-corrected chi connectivity index (χ3v) is 2.27. The van der Waals surface area contributed by atoms with Gasteiger partial charge in [-0.1, -0.05) is 12.1 Å². The lowest BCUT2D eigenvalue weighted by atomic mass is 9.95. The van der Waals surface area contributed by atoms with Crippen LogP contribution in [0.3, 0.4) is 0 Å². The quantitative estimate of drug-likeness (QED) is 0.804. The molecule has 0 fully saturated rings. The van der Waals surface area contributed by atoms with Gasteiger partial charge in [0, 0.05) is 0 Å². The molecule has 0 bridgehead atoms. The van der Waals surface area contributed by atoms with E-state index >= 15 is 0 Å². The molecule has 0 aliphatic carbocycles. The monoisotopic (exact) mass is 223 g/mol. The van der Waals surface area contributed by atoms with E-state index < -0.39 is 11.5 Å². The first-order valence-electron chi connectivity index (χ1n) is 5.13. The van der Waals surface area contributed by atoms with Crippen LogP contribution < -0.4 is 10.5 Å². The molecule has 4 heteroatoms. The third kappa shape index (κ3) is 2.73. The molecule has 1 unspecified atom stereocenters. The van der Waals surface area contributed by atoms with Crippen LogP contribution >= 0.6 is 0 Å². The maximum Gasteiger partial charge on any atom is 0.253 e. The Labute approximate surface area is 95.0 Å². The second-order valence-electron chi connectivity index (χ2n) is 4.13. The summed E-state index contributed by atoms with van der Waals surface area (Å²) in [5, 5.41) is 9.82. The normalized spacial score (nSPS) is 14.6. The highest BCUT2D eigenvalue weighted by Crippen LogP contribution is 2.23. The minimum atomic E-state index is -1.64. The zero-order valence-corrected chi connectivity index (χ0v) is 9.73. The summed E-state index contributed by atoms with van der Waals surface area (Å²) in [5.74, 6) is -0.0796. The van der Waals surface area contributed by atoms with Gasteiger partial charge in [0.1, 0.15) is 5.75 Å². The number of hydrogen-bond acceptors (Lipinski definition) is 3. The number of carbonyl (C=O) groups excluding carboxylic acids is 1. The first-order chi connectivity index (χ1) is 7.34. The Balaban J connectivity index is 2.91. The number of primary amides is 1. The second kappa shape index (κ2) is 4.53. The number of hydrogen-bond donors (Lipinski definition) is 2. The molecule has 0 aromatic heterocycles. The van der Waals surface area contributed by atoms with Crippen LogP contribution in [-0.2, 0) is 10.4 Å². The molecule has 4 nitrogen and oxygen atoms in total. The van der Waals surface area contributed by atoms with Crippen molar-refractivity contribution >= 4 is 5.91 Å². The number of rotatable bonds is 4. The lowest BCUT2D eigenvalue weighted by molar-refractivity contribution is -0.135. The van der Waals surface area contributed by atoms with Crippen LogP contribution in [0.15, 0.2) is 24.3 Å². The number of amides is 1. The summed E-state index contributed by atoms with van der Waals surface area (Å²) in [6, 6.07) is 6.66. The molecule has 1 amide bonds. The summed E-state index contributed by atoms with van der Waals surface area (Å²) < 4.78 is 5.44. The molecule has 0 aliphatic heterocycles. The predicted molar refractivity (Wildman–Crippen MR) is 61.0 cm³/mol. The first kappa shape index (κ1) is 12.5. The van der Waals surface area contributed by atoms with E-state index in [4.69, 9.17) is 10.5 Å². The molecule has 0 radical (unpaired) electrons. The number of ether oxygens (including phenoxy) is 1. The molecule has 1 aromatic carbocycles. The molecule has 1 rings (SSSR count). The summed E-state index contributed by atoms with van der Waals surface area (Å²) in [7, 11) is 0. The topological polar surface area (TPSA) is 72.6 Å². The minimum Gasteiger partial charge on any atom is -0.491 e. The fourth-order valence-corrected chi connectivity index (χ4v) is 1.27. The second-order valence-corrected chi connectivity index (χ2v) is 4.13. The number of benzene rings is 1. The molecular formula is C12H17NO3. The van der Waals surface area contributed by atoms with Crippen molar-refractivity contribution < 1.29 is 14.6 Å². The number of nitrogens with two attached hydrogens (primary N) is 1. The van der Waals surface area contributed by atoms with Gasteiger partial charge in [0.15, 0.2) is 5.60 Å². The largest absolute Gasteiger partial charge is 0.491 e. The predicted octanol–water partition coefficient (Wildman–Crippen LogP) is 1.17. The fourth-order valence-electron chi connectivity index (χ4n) is 1.27. The van der Waals surface area contributed by atoms with Crippen molar-refractivity contribution in [2.75, 3.05) is 0 Å². The summed E-state index contributed by atoms with van der Waals surface area (Å²) >= 11 is 0. The van der Waals surface area contributed by atoms with E-state index in [0.717, 1.165) is 0 Å². The average Bonchev–Trinajstić information content (AvgIpc) is 2.17. The number of aliphatic hydroxyl groups is 1. The lowest BCUT2D eigenvalue weighted by Gasteiger charge is -2.20. The van der Waals surface area contributed by atoms with Crippen molar-refractivity contribution in [2.24, 2.45) is 5.73 Å². The van der Waals surface area contributed by atoms with Crippen LogP contribution in [-0.4, -0.2) is 17.1 Å². The summed E-state index contributed by atoms with van der Waals surface area (Å²) in [5.41, 5.74) is 3.91. The number of carbonyl (C=O) groups is 1. The Kier molecular flexibility index (Phi) is 3.55. The Morgan fingerprint density at radius 2 is 1.88 bits per heavy atom. The van der Waals surface area contributed by atoms with Crippen LogP contribution in [0.5, 0.6) is 5.75 Å². The van der Waals surface area contributed by atoms with Gasteiger partial charge >= 0.3 is 0 Å². The summed E-state index contributed by atoms with van der Waals surface area (Å²) in [6.45, 7) is 5.22. The fraction of sp³-hybridized carbons (Fsp3) is 0.417. The van der Waals surface area contributed by atoms with Crippen molar-refractivity contribution in [3.8, 4) is 5.75 Å². The van der Waals surface area contributed by atoms with Crippen molar-refractivity contribution in [3.05, 3.63) is 29.8 Å². The van der Waals surface area contributed by atoms with Crippen molar-refractivity contribution in [2.45, 2.75) is 32.5 Å². The molecule has 0 aliphatic rings. The van der Waals surface area contributed by atoms with E-state index in [0.29, 0.717) is 11.3 Å². The molecule has 1 aromatic rings. The molecule has 3 N–H and O–H groups in total. The van der Waals surface area contributed by atoms with Crippen LogP contribution in [0.25, 0.3) is 0 Å². The van der Waals surface area contributed by atoms with E-state index in [1.54, 1.807) is 24.3 Å². The van der Waals surface area contributed by atoms with Gasteiger partial charge in [0.05, 0.1) is 6.10 Å². The molecule has 88 valence electrons. The standard InChI is InChI=1S/C12H17NO3/c1-8(2)16-10-6-4-9(5-7-10)12(3,15)11(13)14/h4-8,15H,1-3H3,(H2,13,14). The highest BCUT2D eigenvalue weighted by Gasteiger charge is 2.29. The van der Waals surface area contributed by atoms with E-state index in [1.807, 2.05) is 13.8 Å². The molecule has 0 spiro atoms. The van der Waals surface area contributed by atoms with E-state index in [-0.39, 0.29) is 6.10 Å². The van der Waals surface area contributed by atoms with Gasteiger partial charge in [0.2, 0.25) is 0 Å². The molecule has 0 saturated heterocycles. The van der Waals surface area contributed by atoms with E-state index in [9.17, 15) is 9.90 Å². The van der Waals surface area contributed by atoms with Gasteiger partial charge in [-0.3, -0.25) is 4.79 Å². The Morgan fingerprint density at radius 1 is 1.38 bits per heavy atom. The molecule has 0 saturated carbocycles. The van der Waals surface area contributed by atoms with Gasteiger partial charge in [0.25, 0.3) is 5.91 Å². The van der Waals surface area contributed by atoms with Crippen LogP contribution in [0, 0.1) is 0 Å². The van der Waals surface area contributed by atoms with Gasteiger partial charge in [-0.15, -0.1) is 0 Å². The van der Waals surface area contributed by atoms with Crippen molar-refractivity contribution in [1.82, 2.24) is 0 Å². The first-order valence-corrected chi connectivity index (χ1v) is 5.13. The zero-order chi connectivity index (χ0) is 12.3. The zero-order valence-electron chi connectivity index (χ0n) is 9.73. The van der Waals surface area contributed by atoms with Crippen molar-refractivity contribution in [3.63, 3.8) is 0 Å².